The maximum absolute atomic E-state index is 5.93. The zero-order chi connectivity index (χ0) is 7.61. The number of hydrogen-bond acceptors (Lipinski definition) is 0. The van der Waals surface area contributed by atoms with Gasteiger partial charge in [0.15, 0.2) is 0 Å². The molecule has 0 N–H and O–H groups in total. The van der Waals surface area contributed by atoms with Gasteiger partial charge in [0.2, 0.25) is 0 Å². The third-order valence-corrected chi connectivity index (χ3v) is 8.23. The molecule has 0 atom stereocenters. The third-order valence-electron chi connectivity index (χ3n) is 2.07. The summed E-state index contributed by atoms with van der Waals surface area (Å²) in [5.74, 6) is 0. The van der Waals surface area contributed by atoms with Crippen molar-refractivity contribution in [3.8, 4) is 0 Å². The van der Waals surface area contributed by atoms with Gasteiger partial charge in [0, 0.05) is 0 Å². The van der Waals surface area contributed by atoms with Gasteiger partial charge in [0.05, 0.1) is 0 Å². The molecule has 0 amide bonds. The minimum atomic E-state index is -2.80. The molecule has 0 aliphatic heterocycles. The van der Waals surface area contributed by atoms with Crippen molar-refractivity contribution in [3.05, 3.63) is 0 Å². The van der Waals surface area contributed by atoms with Crippen LogP contribution in [0.15, 0.2) is 0 Å². The van der Waals surface area contributed by atoms with E-state index >= 15 is 0 Å². The molecule has 1 fully saturated rings. The molecule has 0 unspecified atom stereocenters. The molecule has 0 spiro atoms. The van der Waals surface area contributed by atoms with E-state index in [4.69, 9.17) is 27.9 Å². The van der Waals surface area contributed by atoms with Crippen LogP contribution in [0.3, 0.4) is 0 Å². The fourth-order valence-corrected chi connectivity index (χ4v) is 5.79. The summed E-state index contributed by atoms with van der Waals surface area (Å²) in [6.07, 6.45) is 6.19. The van der Waals surface area contributed by atoms with E-state index in [1.165, 1.54) is 19.3 Å². The molecular weight excluding hydrogens is 226 g/mol. The van der Waals surface area contributed by atoms with E-state index in [0.717, 1.165) is 12.8 Å². The average molecular weight is 237 g/mol. The summed E-state index contributed by atoms with van der Waals surface area (Å²) in [7, 11) is 17.8. The summed E-state index contributed by atoms with van der Waals surface area (Å²) in [4.78, 5) is 0. The summed E-state index contributed by atoms with van der Waals surface area (Å²) < 4.78 is 0.485. The van der Waals surface area contributed by atoms with Crippen LogP contribution in [0, 0.1) is 0 Å². The van der Waals surface area contributed by atoms with Crippen LogP contribution in [0.5, 0.6) is 0 Å². The van der Waals surface area contributed by atoms with Crippen molar-refractivity contribution < 1.29 is 13.4 Å². The van der Waals surface area contributed by atoms with Gasteiger partial charge in [-0.25, -0.2) is 0 Å². The molecule has 60 valence electrons. The van der Waals surface area contributed by atoms with Crippen LogP contribution < -0.4 is 0 Å². The summed E-state index contributed by atoms with van der Waals surface area (Å²) in [6, 6.07) is 0. The van der Waals surface area contributed by atoms with Crippen LogP contribution in [-0.2, 0) is 13.4 Å². The first kappa shape index (κ1) is 9.67. The molecule has 0 heterocycles. The second kappa shape index (κ2) is 4.00. The molecule has 4 heteroatoms. The van der Waals surface area contributed by atoms with Crippen molar-refractivity contribution in [1.29, 1.82) is 0 Å². The van der Waals surface area contributed by atoms with Gasteiger partial charge in [-0.15, -0.1) is 0 Å². The first-order valence-corrected chi connectivity index (χ1v) is 11.0. The van der Waals surface area contributed by atoms with E-state index in [-0.39, 0.29) is 0 Å². The Morgan fingerprint density at radius 2 is 1.40 bits per heavy atom. The summed E-state index contributed by atoms with van der Waals surface area (Å²) >= 11 is -2.80. The molecule has 0 saturated heterocycles. The molecule has 1 aliphatic carbocycles. The van der Waals surface area contributed by atoms with Crippen molar-refractivity contribution in [2.75, 3.05) is 0 Å². The van der Waals surface area contributed by atoms with E-state index in [9.17, 15) is 0 Å². The van der Waals surface area contributed by atoms with E-state index < -0.39 is 13.4 Å². The van der Waals surface area contributed by atoms with E-state index in [1.54, 1.807) is 0 Å². The molecule has 1 rings (SSSR count). The van der Waals surface area contributed by atoms with Crippen LogP contribution in [0.4, 0.5) is 0 Å². The molecule has 0 aromatic carbocycles. The van der Waals surface area contributed by atoms with Crippen molar-refractivity contribution in [2.45, 2.75) is 36.3 Å². The van der Waals surface area contributed by atoms with Gasteiger partial charge in [-0.2, -0.15) is 0 Å². The SMILES string of the molecule is [Cl][Ti]([Cl])([Cl])[CH]1CCCCC1. The van der Waals surface area contributed by atoms with Crippen molar-refractivity contribution >= 4 is 27.9 Å². The molecule has 1 saturated carbocycles. The second-order valence-corrected chi connectivity index (χ2v) is 15.6. The molecule has 10 heavy (non-hydrogen) atoms. The molecule has 0 aromatic heterocycles. The Kier molecular flexibility index (Phi) is 3.87. The van der Waals surface area contributed by atoms with E-state index in [0.29, 0.717) is 4.22 Å². The van der Waals surface area contributed by atoms with Crippen LogP contribution in [0.1, 0.15) is 32.1 Å². The number of hydrogen-bond donors (Lipinski definition) is 0. The predicted octanol–water partition coefficient (Wildman–Crippen LogP) is 4.35. The third kappa shape index (κ3) is 2.91. The fraction of sp³-hybridized carbons (Fsp3) is 1.00. The number of rotatable bonds is 1. The first-order valence-electron chi connectivity index (χ1n) is 3.67. The zero-order valence-corrected chi connectivity index (χ0v) is 9.58. The second-order valence-electron chi connectivity index (χ2n) is 2.88. The first-order chi connectivity index (χ1) is 4.61. The minimum absolute atomic E-state index is 0.485. The standard InChI is InChI=1S/C6H11.3ClH.Ti/c1-2-4-6-5-3-1;;;;/h1H,2-6H2;3*1H;/q;;;;+3/p-3. The van der Waals surface area contributed by atoms with Gasteiger partial charge >= 0.3 is 77.6 Å². The van der Waals surface area contributed by atoms with Gasteiger partial charge in [0.1, 0.15) is 0 Å². The summed E-state index contributed by atoms with van der Waals surface area (Å²) in [5.41, 5.74) is 0. The molecule has 0 nitrogen and oxygen atoms in total. The van der Waals surface area contributed by atoms with Crippen LogP contribution >= 0.6 is 27.9 Å². The topological polar surface area (TPSA) is 0 Å². The predicted molar refractivity (Wildman–Crippen MR) is 44.4 cm³/mol. The molecule has 1 aliphatic rings. The van der Waals surface area contributed by atoms with Crippen LogP contribution in [-0.4, -0.2) is 0 Å². The van der Waals surface area contributed by atoms with Gasteiger partial charge < -0.3 is 0 Å². The quantitative estimate of drug-likeness (QED) is 0.595. The van der Waals surface area contributed by atoms with Crippen LogP contribution in [0.25, 0.3) is 0 Å². The maximum atomic E-state index is 5.93. The fourth-order valence-electron chi connectivity index (χ4n) is 1.43. The normalized spacial score (nSPS) is 23.1. The summed E-state index contributed by atoms with van der Waals surface area (Å²) in [6.45, 7) is 0. The van der Waals surface area contributed by atoms with Gasteiger partial charge in [0.25, 0.3) is 0 Å². The summed E-state index contributed by atoms with van der Waals surface area (Å²) in [5, 5.41) is 0. The van der Waals surface area contributed by atoms with Gasteiger partial charge in [-0.3, -0.25) is 0 Å². The van der Waals surface area contributed by atoms with Gasteiger partial charge in [-0.05, 0) is 0 Å². The molecule has 0 bridgehead atoms. The Labute approximate surface area is 77.2 Å². The molecule has 0 radical (unpaired) electrons. The average Bonchev–Trinajstić information content (AvgIpc) is 1.88. The monoisotopic (exact) mass is 236 g/mol. The Hall–Kier alpha value is 1.58. The van der Waals surface area contributed by atoms with Crippen molar-refractivity contribution in [3.63, 3.8) is 0 Å². The Balaban J connectivity index is 2.39. The van der Waals surface area contributed by atoms with E-state index in [2.05, 4.69) is 0 Å². The zero-order valence-electron chi connectivity index (χ0n) is 5.75. The molecule has 0 aromatic rings. The van der Waals surface area contributed by atoms with Gasteiger partial charge in [-0.1, -0.05) is 0 Å². The molecular formula is C6H11Cl3Ti. The number of halogens is 3. The van der Waals surface area contributed by atoms with Crippen molar-refractivity contribution in [2.24, 2.45) is 0 Å². The Morgan fingerprint density at radius 1 is 0.900 bits per heavy atom. The van der Waals surface area contributed by atoms with Crippen molar-refractivity contribution in [1.82, 2.24) is 0 Å². The van der Waals surface area contributed by atoms with Crippen LogP contribution in [0.2, 0.25) is 4.22 Å². The van der Waals surface area contributed by atoms with E-state index in [1.807, 2.05) is 0 Å². The Bertz CT molecular complexity index is 104. The Morgan fingerprint density at radius 3 is 1.70 bits per heavy atom.